The zero-order valence-corrected chi connectivity index (χ0v) is 14.4. The van der Waals surface area contributed by atoms with Crippen molar-refractivity contribution in [3.8, 4) is 0 Å². The van der Waals surface area contributed by atoms with Crippen LogP contribution in [0.25, 0.3) is 0 Å². The predicted octanol–water partition coefficient (Wildman–Crippen LogP) is 5.77. The zero-order valence-electron chi connectivity index (χ0n) is 12.9. The summed E-state index contributed by atoms with van der Waals surface area (Å²) in [4.78, 5) is 13.0. The van der Waals surface area contributed by atoms with Crippen LogP contribution in [0.2, 0.25) is 10.0 Å². The van der Waals surface area contributed by atoms with E-state index in [1.165, 1.54) is 5.56 Å². The predicted molar refractivity (Wildman–Crippen MR) is 90.0 cm³/mol. The molecule has 110 valence electrons. The van der Waals surface area contributed by atoms with E-state index in [4.69, 9.17) is 23.2 Å². The standard InChI is InChI=1S/C18H18Cl2O/c1-9-10(2)12(4)16(13(5)11(9)3)18(21)17-14(19)7-6-8-15(17)20/h6-8H,1-5H3. The van der Waals surface area contributed by atoms with Gasteiger partial charge in [0.25, 0.3) is 0 Å². The first-order valence-electron chi connectivity index (χ1n) is 6.83. The van der Waals surface area contributed by atoms with Crippen LogP contribution in [0.5, 0.6) is 0 Å². The van der Waals surface area contributed by atoms with Crippen molar-refractivity contribution in [2.24, 2.45) is 0 Å². The lowest BCUT2D eigenvalue weighted by atomic mass is 9.86. The molecule has 0 aromatic heterocycles. The first-order chi connectivity index (χ1) is 9.77. The van der Waals surface area contributed by atoms with Crippen LogP contribution >= 0.6 is 23.2 Å². The van der Waals surface area contributed by atoms with Crippen LogP contribution < -0.4 is 0 Å². The monoisotopic (exact) mass is 320 g/mol. The molecular weight excluding hydrogens is 303 g/mol. The molecule has 0 spiro atoms. The molecule has 0 atom stereocenters. The maximum atomic E-state index is 13.0. The normalized spacial score (nSPS) is 10.8. The quantitative estimate of drug-likeness (QED) is 0.642. The van der Waals surface area contributed by atoms with E-state index in [2.05, 4.69) is 6.92 Å². The van der Waals surface area contributed by atoms with Crippen molar-refractivity contribution in [1.29, 1.82) is 0 Å². The molecule has 0 heterocycles. The molecule has 2 aromatic carbocycles. The highest BCUT2D eigenvalue weighted by Crippen LogP contribution is 2.32. The highest BCUT2D eigenvalue weighted by atomic mass is 35.5. The summed E-state index contributed by atoms with van der Waals surface area (Å²) in [5.74, 6) is -0.105. The molecule has 0 saturated heterocycles. The lowest BCUT2D eigenvalue weighted by Crippen LogP contribution is -2.11. The molecule has 0 fully saturated rings. The second kappa shape index (κ2) is 5.82. The van der Waals surface area contributed by atoms with Crippen LogP contribution in [0.15, 0.2) is 18.2 Å². The van der Waals surface area contributed by atoms with Gasteiger partial charge in [0.2, 0.25) is 0 Å². The van der Waals surface area contributed by atoms with Gasteiger partial charge >= 0.3 is 0 Å². The summed E-state index contributed by atoms with van der Waals surface area (Å²) in [7, 11) is 0. The van der Waals surface area contributed by atoms with E-state index < -0.39 is 0 Å². The minimum absolute atomic E-state index is 0.105. The number of benzene rings is 2. The van der Waals surface area contributed by atoms with Crippen molar-refractivity contribution in [2.75, 3.05) is 0 Å². The molecule has 1 nitrogen and oxygen atoms in total. The van der Waals surface area contributed by atoms with E-state index in [0.29, 0.717) is 21.2 Å². The third-order valence-corrected chi connectivity index (χ3v) is 5.05. The number of ketones is 1. The minimum atomic E-state index is -0.105. The number of halogens is 2. The van der Waals surface area contributed by atoms with Crippen molar-refractivity contribution in [3.05, 3.63) is 67.2 Å². The largest absolute Gasteiger partial charge is 0.288 e. The van der Waals surface area contributed by atoms with Gasteiger partial charge in [-0.3, -0.25) is 4.79 Å². The summed E-state index contributed by atoms with van der Waals surface area (Å²) in [6.07, 6.45) is 0. The van der Waals surface area contributed by atoms with E-state index in [1.807, 2.05) is 27.7 Å². The van der Waals surface area contributed by atoms with Gasteiger partial charge in [0.05, 0.1) is 15.6 Å². The summed E-state index contributed by atoms with van der Waals surface area (Å²) in [5, 5.41) is 0.782. The van der Waals surface area contributed by atoms with Crippen LogP contribution in [-0.4, -0.2) is 5.78 Å². The first-order valence-corrected chi connectivity index (χ1v) is 7.58. The van der Waals surface area contributed by atoms with E-state index in [1.54, 1.807) is 18.2 Å². The Morgan fingerprint density at radius 3 is 1.52 bits per heavy atom. The molecule has 2 aromatic rings. The second-order valence-electron chi connectivity index (χ2n) is 5.43. The fourth-order valence-electron chi connectivity index (χ4n) is 2.68. The van der Waals surface area contributed by atoms with Crippen molar-refractivity contribution in [3.63, 3.8) is 0 Å². The van der Waals surface area contributed by atoms with Crippen molar-refractivity contribution in [2.45, 2.75) is 34.6 Å². The van der Waals surface area contributed by atoms with Gasteiger partial charge in [0, 0.05) is 5.56 Å². The van der Waals surface area contributed by atoms with Crippen molar-refractivity contribution < 1.29 is 4.79 Å². The Labute approximate surface area is 135 Å². The summed E-state index contributed by atoms with van der Waals surface area (Å²) in [6, 6.07) is 5.13. The second-order valence-corrected chi connectivity index (χ2v) is 6.24. The minimum Gasteiger partial charge on any atom is -0.288 e. The average Bonchev–Trinajstić information content (AvgIpc) is 2.43. The molecule has 0 radical (unpaired) electrons. The van der Waals surface area contributed by atoms with Gasteiger partial charge in [0.15, 0.2) is 5.78 Å². The molecule has 0 aliphatic heterocycles. The number of carbonyl (C=O) groups excluding carboxylic acids is 1. The Bertz CT molecular complexity index is 696. The number of rotatable bonds is 2. The van der Waals surface area contributed by atoms with Gasteiger partial charge in [0.1, 0.15) is 0 Å². The van der Waals surface area contributed by atoms with Crippen molar-refractivity contribution >= 4 is 29.0 Å². The van der Waals surface area contributed by atoms with Crippen LogP contribution in [0.1, 0.15) is 43.7 Å². The van der Waals surface area contributed by atoms with Gasteiger partial charge in [-0.1, -0.05) is 29.3 Å². The topological polar surface area (TPSA) is 17.1 Å². The van der Waals surface area contributed by atoms with E-state index in [9.17, 15) is 4.79 Å². The fraction of sp³-hybridized carbons (Fsp3) is 0.278. The summed E-state index contributed by atoms with van der Waals surface area (Å²) in [6.45, 7) is 10.1. The molecule has 0 amide bonds. The molecule has 0 aliphatic rings. The molecule has 0 unspecified atom stereocenters. The average molecular weight is 321 g/mol. The SMILES string of the molecule is Cc1c(C)c(C)c(C(=O)c2c(Cl)cccc2Cl)c(C)c1C. The number of carbonyl (C=O) groups is 1. The van der Waals surface area contributed by atoms with Crippen molar-refractivity contribution in [1.82, 2.24) is 0 Å². The van der Waals surface area contributed by atoms with Crippen LogP contribution in [-0.2, 0) is 0 Å². The van der Waals surface area contributed by atoms with Gasteiger partial charge in [-0.15, -0.1) is 0 Å². The van der Waals surface area contributed by atoms with E-state index >= 15 is 0 Å². The molecular formula is C18H18Cl2O. The fourth-order valence-corrected chi connectivity index (χ4v) is 3.25. The molecule has 2 rings (SSSR count). The zero-order chi connectivity index (χ0) is 15.9. The molecule has 0 saturated carbocycles. The molecule has 0 bridgehead atoms. The Morgan fingerprint density at radius 2 is 1.10 bits per heavy atom. The first kappa shape index (κ1) is 16.1. The van der Waals surface area contributed by atoms with E-state index in [-0.39, 0.29) is 5.78 Å². The molecule has 0 aliphatic carbocycles. The lowest BCUT2D eigenvalue weighted by molar-refractivity contribution is 0.103. The molecule has 3 heteroatoms. The van der Waals surface area contributed by atoms with Gasteiger partial charge in [-0.25, -0.2) is 0 Å². The molecule has 0 N–H and O–H groups in total. The Hall–Kier alpha value is -1.31. The third-order valence-electron chi connectivity index (χ3n) is 4.42. The number of hydrogen-bond acceptors (Lipinski definition) is 1. The van der Waals surface area contributed by atoms with Gasteiger partial charge < -0.3 is 0 Å². The number of hydrogen-bond donors (Lipinski definition) is 0. The maximum Gasteiger partial charge on any atom is 0.196 e. The smallest absolute Gasteiger partial charge is 0.196 e. The van der Waals surface area contributed by atoms with Gasteiger partial charge in [-0.05, 0) is 74.6 Å². The Kier molecular flexibility index (Phi) is 4.46. The third kappa shape index (κ3) is 2.61. The summed E-state index contributed by atoms with van der Waals surface area (Å²) >= 11 is 12.4. The Balaban J connectivity index is 2.77. The Morgan fingerprint density at radius 1 is 0.714 bits per heavy atom. The maximum absolute atomic E-state index is 13.0. The highest BCUT2D eigenvalue weighted by molar-refractivity contribution is 6.41. The molecule has 21 heavy (non-hydrogen) atoms. The summed E-state index contributed by atoms with van der Waals surface area (Å²) in [5.41, 5.74) is 6.61. The van der Waals surface area contributed by atoms with Gasteiger partial charge in [-0.2, -0.15) is 0 Å². The summed E-state index contributed by atoms with van der Waals surface area (Å²) < 4.78 is 0. The lowest BCUT2D eigenvalue weighted by Gasteiger charge is -2.18. The highest BCUT2D eigenvalue weighted by Gasteiger charge is 2.23. The van der Waals surface area contributed by atoms with E-state index in [0.717, 1.165) is 22.3 Å². The van der Waals surface area contributed by atoms with Crippen LogP contribution in [0.3, 0.4) is 0 Å². The van der Waals surface area contributed by atoms with Crippen LogP contribution in [0.4, 0.5) is 0 Å². The van der Waals surface area contributed by atoms with Crippen LogP contribution in [0, 0.1) is 34.6 Å².